The van der Waals surface area contributed by atoms with Gasteiger partial charge in [0.25, 0.3) is 11.8 Å². The molecule has 0 bridgehead atoms. The lowest BCUT2D eigenvalue weighted by molar-refractivity contribution is -0.647. The number of carbonyl (C=O) groups excluding carboxylic acids is 3. The van der Waals surface area contributed by atoms with Crippen LogP contribution in [0.15, 0.2) is 51.2 Å². The van der Waals surface area contributed by atoms with Gasteiger partial charge in [0.2, 0.25) is 17.8 Å². The maximum Gasteiger partial charge on any atom is 0.276 e. The summed E-state index contributed by atoms with van der Waals surface area (Å²) in [7, 11) is 3.00. The number of aliphatic carboxylic acids is 1. The molecule has 2 aliphatic rings. The number of thiazole rings is 1. The van der Waals surface area contributed by atoms with Crippen LogP contribution in [0.5, 0.6) is 0 Å². The Kier molecular flexibility index (Phi) is 7.67. The molecule has 2 amide bonds. The molecule has 4 N–H and O–H groups in total. The van der Waals surface area contributed by atoms with Crippen LogP contribution in [-0.2, 0) is 30.4 Å². The fourth-order valence-electron chi connectivity index (χ4n) is 3.68. The van der Waals surface area contributed by atoms with Crippen molar-refractivity contribution in [1.29, 1.82) is 0 Å². The van der Waals surface area contributed by atoms with E-state index in [-0.39, 0.29) is 33.7 Å². The number of carboxylic acid groups (broad SMARTS) is 1. The van der Waals surface area contributed by atoms with Gasteiger partial charge in [-0.25, -0.2) is 4.98 Å². The van der Waals surface area contributed by atoms with Crippen LogP contribution in [-0.4, -0.2) is 75.0 Å². The van der Waals surface area contributed by atoms with E-state index in [0.29, 0.717) is 5.57 Å². The zero-order valence-electron chi connectivity index (χ0n) is 19.0. The normalized spacial score (nSPS) is 21.5. The maximum absolute atomic E-state index is 13.1. The van der Waals surface area contributed by atoms with Gasteiger partial charge < -0.3 is 30.3 Å². The molecule has 2 aromatic rings. The number of amides is 2. The second-order valence-electron chi connectivity index (χ2n) is 7.46. The zero-order chi connectivity index (χ0) is 26.0. The Labute approximate surface area is 216 Å². The number of fused-ring (bicyclic) bond motifs is 1. The van der Waals surface area contributed by atoms with Crippen molar-refractivity contribution in [3.8, 4) is 0 Å². The summed E-state index contributed by atoms with van der Waals surface area (Å²) in [4.78, 5) is 48.2. The van der Waals surface area contributed by atoms with Crippen LogP contribution in [0.4, 0.5) is 5.13 Å². The molecular formula is C20H21N7O6S3. The minimum atomic E-state index is -1.67. The zero-order valence-corrected chi connectivity index (χ0v) is 21.4. The average molecular weight is 552 g/mol. The monoisotopic (exact) mass is 551 g/mol. The Bertz CT molecular complexity index is 1250. The molecule has 16 heteroatoms. The van der Waals surface area contributed by atoms with Crippen LogP contribution in [0.25, 0.3) is 0 Å². The van der Waals surface area contributed by atoms with Crippen molar-refractivity contribution in [3.63, 3.8) is 0 Å². The highest BCUT2D eigenvalue weighted by Gasteiger charge is 2.60. The number of carboxylic acids is 1. The van der Waals surface area contributed by atoms with Gasteiger partial charge in [0.05, 0.1) is 18.7 Å². The Morgan fingerprint density at radius 1 is 1.44 bits per heavy atom. The number of β-lactam (4-membered cyclic amide) rings is 1. The summed E-state index contributed by atoms with van der Waals surface area (Å²) in [5, 5.41) is 18.8. The van der Waals surface area contributed by atoms with Crippen LogP contribution in [0.3, 0.4) is 0 Å². The number of nitrogen functional groups attached to an aromatic ring is 1. The summed E-state index contributed by atoms with van der Waals surface area (Å²) in [6.07, 6.45) is 3.58. The molecule has 13 nitrogen and oxygen atoms in total. The molecule has 3 atom stereocenters. The topological polar surface area (TPSA) is 189 Å². The second-order valence-corrected chi connectivity index (χ2v) is 10.9. The predicted molar refractivity (Wildman–Crippen MR) is 130 cm³/mol. The minimum absolute atomic E-state index is 0.0812. The number of thioether (sulfide) groups is 1. The van der Waals surface area contributed by atoms with E-state index >= 15 is 0 Å². The number of rotatable bonds is 9. The molecule has 4 rings (SSSR count). The number of hydrogen-bond acceptors (Lipinski definition) is 12. The lowest BCUT2D eigenvalue weighted by Gasteiger charge is -2.50. The van der Waals surface area contributed by atoms with Crippen molar-refractivity contribution in [3.05, 3.63) is 46.9 Å². The first-order valence-electron chi connectivity index (χ1n) is 10.3. The first kappa shape index (κ1) is 25.7. The summed E-state index contributed by atoms with van der Waals surface area (Å²) < 4.78 is 14.8. The number of pyridine rings is 1. The van der Waals surface area contributed by atoms with Crippen molar-refractivity contribution in [2.75, 3.05) is 36.8 Å². The SMILES string of the molecule is CN[n+]1ccc(SCC2=C(C(=O)[O-])N3C(=O)[C@@H](NC(=O)/C(=N\OC)c4csc(N)n4)[C@H]3[S+]([O-])C2)cc1. The van der Waals surface area contributed by atoms with E-state index in [9.17, 15) is 24.0 Å². The summed E-state index contributed by atoms with van der Waals surface area (Å²) in [6.45, 7) is 0. The van der Waals surface area contributed by atoms with Crippen molar-refractivity contribution < 1.29 is 33.6 Å². The van der Waals surface area contributed by atoms with Crippen molar-refractivity contribution >= 4 is 62.9 Å². The van der Waals surface area contributed by atoms with Gasteiger partial charge in [-0.15, -0.1) is 23.1 Å². The molecular weight excluding hydrogens is 530 g/mol. The molecule has 190 valence electrons. The molecule has 36 heavy (non-hydrogen) atoms. The van der Waals surface area contributed by atoms with Gasteiger partial charge in [0.1, 0.15) is 18.6 Å². The third-order valence-electron chi connectivity index (χ3n) is 5.32. The standard InChI is InChI=1S/C20H21N7O6S3/c1-22-26-5-3-11(4-6-26)34-7-10-9-36(32)18-14(17(29)27(18)15(10)19(30)31)24-16(28)13(25-33-2)12-8-35-20(21)23-12/h3-6,8,14,18,22H,7,9H2,1-2H3,(H3-,21,23,24,28,30,31)/b25-13-/t14-,18-,36?/m1/s1. The van der Waals surface area contributed by atoms with E-state index in [2.05, 4.69) is 20.9 Å². The summed E-state index contributed by atoms with van der Waals surface area (Å²) in [6, 6.07) is 2.45. The number of aromatic nitrogens is 2. The van der Waals surface area contributed by atoms with Crippen LogP contribution in [0.1, 0.15) is 5.69 Å². The third kappa shape index (κ3) is 4.97. The molecule has 0 radical (unpaired) electrons. The highest BCUT2D eigenvalue weighted by Crippen LogP contribution is 2.38. The molecule has 0 aliphatic carbocycles. The average Bonchev–Trinajstić information content (AvgIpc) is 3.29. The molecule has 0 spiro atoms. The van der Waals surface area contributed by atoms with E-state index in [1.807, 2.05) is 12.1 Å². The van der Waals surface area contributed by atoms with E-state index in [0.717, 1.165) is 21.1 Å². The Morgan fingerprint density at radius 3 is 2.75 bits per heavy atom. The van der Waals surface area contributed by atoms with Crippen LogP contribution < -0.4 is 26.3 Å². The van der Waals surface area contributed by atoms with Crippen LogP contribution in [0, 0.1) is 0 Å². The fourth-order valence-corrected chi connectivity index (χ4v) is 6.94. The van der Waals surface area contributed by atoms with Crippen LogP contribution in [0.2, 0.25) is 0 Å². The van der Waals surface area contributed by atoms with Gasteiger partial charge in [-0.05, 0) is 11.2 Å². The highest BCUT2D eigenvalue weighted by molar-refractivity contribution is 7.99. The molecule has 0 aromatic carbocycles. The van der Waals surface area contributed by atoms with E-state index in [1.165, 1.54) is 24.3 Å². The minimum Gasteiger partial charge on any atom is -0.614 e. The fraction of sp³-hybridized carbons (Fsp3) is 0.300. The smallest absolute Gasteiger partial charge is 0.276 e. The summed E-state index contributed by atoms with van der Waals surface area (Å²) in [5.74, 6) is -2.96. The number of nitrogens with one attached hydrogen (secondary N) is 2. The van der Waals surface area contributed by atoms with Gasteiger partial charge in [-0.3, -0.25) is 14.5 Å². The van der Waals surface area contributed by atoms with Crippen molar-refractivity contribution in [2.24, 2.45) is 5.16 Å². The summed E-state index contributed by atoms with van der Waals surface area (Å²) >= 11 is 0.751. The molecule has 0 saturated carbocycles. The van der Waals surface area contributed by atoms with Crippen LogP contribution >= 0.6 is 23.1 Å². The van der Waals surface area contributed by atoms with Crippen molar-refractivity contribution in [1.82, 2.24) is 15.2 Å². The Morgan fingerprint density at radius 2 is 2.17 bits per heavy atom. The third-order valence-corrected chi connectivity index (χ3v) is 8.74. The number of anilines is 1. The van der Waals surface area contributed by atoms with Crippen molar-refractivity contribution in [2.45, 2.75) is 16.3 Å². The Balaban J connectivity index is 1.51. The number of nitrogens with two attached hydrogens (primary N) is 1. The van der Waals surface area contributed by atoms with Gasteiger partial charge in [-0.1, -0.05) is 9.83 Å². The predicted octanol–water partition coefficient (Wildman–Crippen LogP) is -2.25. The maximum atomic E-state index is 13.1. The molecule has 1 unspecified atom stereocenters. The number of nitrogens with zero attached hydrogens (tertiary/aromatic N) is 4. The lowest BCUT2D eigenvalue weighted by Crippen LogP contribution is -2.75. The second kappa shape index (κ2) is 10.7. The van der Waals surface area contributed by atoms with Gasteiger partial charge in [-0.2, -0.15) is 5.43 Å². The first-order valence-corrected chi connectivity index (χ1v) is 13.6. The quantitative estimate of drug-likeness (QED) is 0.0766. The first-order chi connectivity index (χ1) is 17.2. The van der Waals surface area contributed by atoms with E-state index < -0.39 is 40.4 Å². The summed E-state index contributed by atoms with van der Waals surface area (Å²) in [5.41, 5.74) is 8.46. The molecule has 2 aliphatic heterocycles. The Hall–Kier alpha value is -3.34. The number of hydrogen-bond donors (Lipinski definition) is 3. The van der Waals surface area contributed by atoms with Gasteiger partial charge in [0.15, 0.2) is 16.9 Å². The van der Waals surface area contributed by atoms with E-state index in [1.54, 1.807) is 24.1 Å². The number of carbonyl (C=O) groups is 3. The van der Waals surface area contributed by atoms with Gasteiger partial charge >= 0.3 is 0 Å². The van der Waals surface area contributed by atoms with E-state index in [4.69, 9.17) is 10.6 Å². The lowest BCUT2D eigenvalue weighted by atomic mass is 10.0. The molecule has 2 aromatic heterocycles. The molecule has 1 saturated heterocycles. The molecule has 1 fully saturated rings. The highest BCUT2D eigenvalue weighted by atomic mass is 32.2. The molecule has 4 heterocycles. The largest absolute Gasteiger partial charge is 0.614 e. The number of oxime groups is 1. The van der Waals surface area contributed by atoms with Gasteiger partial charge in [0, 0.05) is 33.7 Å².